The molecule has 0 unspecified atom stereocenters. The molecule has 0 N–H and O–H groups in total. The topological polar surface area (TPSA) is 46.4 Å². The molecule has 0 saturated carbocycles. The molecule has 2 aromatic rings. The summed E-state index contributed by atoms with van der Waals surface area (Å²) in [5.74, 6) is 1.43. The van der Waals surface area contributed by atoms with Gasteiger partial charge in [-0.2, -0.15) is 10.2 Å². The van der Waals surface area contributed by atoms with Gasteiger partial charge in [0.05, 0.1) is 26.6 Å². The van der Waals surface area contributed by atoms with Crippen LogP contribution in [0.2, 0.25) is 0 Å². The van der Waals surface area contributed by atoms with Crippen molar-refractivity contribution in [3.05, 3.63) is 53.6 Å². The average Bonchev–Trinajstić information content (AvgIpc) is 2.58. The molecular weight excluding hydrogens is 290 g/mol. The van der Waals surface area contributed by atoms with E-state index >= 15 is 0 Å². The summed E-state index contributed by atoms with van der Waals surface area (Å²) in [6.07, 6.45) is 3.38. The fourth-order valence-corrected chi connectivity index (χ4v) is 1.96. The zero-order valence-corrected chi connectivity index (χ0v) is 13.9. The second-order valence-corrected chi connectivity index (χ2v) is 5.12. The van der Waals surface area contributed by atoms with Gasteiger partial charge >= 0.3 is 0 Å². The van der Waals surface area contributed by atoms with Crippen LogP contribution in [0.4, 0.5) is 5.69 Å². The Hall–Kier alpha value is -2.82. The monoisotopic (exact) mass is 311 g/mol. The molecule has 0 aliphatic rings. The van der Waals surface area contributed by atoms with Crippen LogP contribution in [0.1, 0.15) is 11.1 Å². The Morgan fingerprint density at radius 1 is 0.783 bits per heavy atom. The summed E-state index contributed by atoms with van der Waals surface area (Å²) in [7, 11) is 7.25. The molecule has 0 radical (unpaired) electrons. The maximum absolute atomic E-state index is 5.22. The van der Waals surface area contributed by atoms with Crippen LogP contribution in [-0.2, 0) is 0 Å². The number of ether oxygens (including phenoxy) is 2. The molecule has 120 valence electrons. The summed E-state index contributed by atoms with van der Waals surface area (Å²) in [6, 6.07) is 13.6. The molecule has 0 heterocycles. The van der Waals surface area contributed by atoms with Crippen LogP contribution in [0.15, 0.2) is 52.7 Å². The number of hydrogen-bond acceptors (Lipinski definition) is 5. The number of hydrogen-bond donors (Lipinski definition) is 0. The van der Waals surface area contributed by atoms with Crippen molar-refractivity contribution >= 4 is 18.1 Å². The first-order valence-electron chi connectivity index (χ1n) is 7.19. The third-order valence-electron chi connectivity index (χ3n) is 3.26. The second-order valence-electron chi connectivity index (χ2n) is 5.12. The minimum absolute atomic E-state index is 0.717. The summed E-state index contributed by atoms with van der Waals surface area (Å²) in [5.41, 5.74) is 3.01. The molecule has 0 spiro atoms. The number of benzene rings is 2. The first kappa shape index (κ1) is 16.5. The van der Waals surface area contributed by atoms with Crippen LogP contribution in [0.3, 0.4) is 0 Å². The number of anilines is 1. The van der Waals surface area contributed by atoms with Crippen LogP contribution in [-0.4, -0.2) is 40.7 Å². The van der Waals surface area contributed by atoms with E-state index in [0.717, 1.165) is 16.8 Å². The number of nitrogens with zero attached hydrogens (tertiary/aromatic N) is 3. The minimum Gasteiger partial charge on any atom is -0.497 e. The summed E-state index contributed by atoms with van der Waals surface area (Å²) in [4.78, 5) is 2.05. The van der Waals surface area contributed by atoms with Gasteiger partial charge < -0.3 is 14.4 Å². The van der Waals surface area contributed by atoms with Gasteiger partial charge in [-0.1, -0.05) is 12.1 Å². The second kappa shape index (κ2) is 7.98. The highest BCUT2D eigenvalue weighted by atomic mass is 16.5. The molecule has 0 bridgehead atoms. The summed E-state index contributed by atoms with van der Waals surface area (Å²) < 4.78 is 10.4. The summed E-state index contributed by atoms with van der Waals surface area (Å²) >= 11 is 0. The van der Waals surface area contributed by atoms with E-state index in [1.165, 1.54) is 0 Å². The molecule has 0 aliphatic carbocycles. The molecule has 0 aliphatic heterocycles. The Kier molecular flexibility index (Phi) is 5.74. The van der Waals surface area contributed by atoms with Crippen molar-refractivity contribution in [3.8, 4) is 11.5 Å². The van der Waals surface area contributed by atoms with Crippen LogP contribution in [0.5, 0.6) is 11.5 Å². The molecule has 0 fully saturated rings. The number of methoxy groups -OCH3 is 2. The van der Waals surface area contributed by atoms with E-state index in [1.807, 2.05) is 56.6 Å². The third kappa shape index (κ3) is 4.85. The highest BCUT2D eigenvalue weighted by molar-refractivity contribution is 5.83. The lowest BCUT2D eigenvalue weighted by atomic mass is 10.2. The van der Waals surface area contributed by atoms with E-state index in [9.17, 15) is 0 Å². The van der Waals surface area contributed by atoms with Gasteiger partial charge in [0.2, 0.25) is 0 Å². The maximum atomic E-state index is 5.22. The lowest BCUT2D eigenvalue weighted by Crippen LogP contribution is -2.08. The molecule has 23 heavy (non-hydrogen) atoms. The van der Waals surface area contributed by atoms with Gasteiger partial charge in [-0.05, 0) is 29.8 Å². The average molecular weight is 311 g/mol. The van der Waals surface area contributed by atoms with Crippen LogP contribution >= 0.6 is 0 Å². The van der Waals surface area contributed by atoms with Crippen LogP contribution in [0.25, 0.3) is 0 Å². The van der Waals surface area contributed by atoms with E-state index in [4.69, 9.17) is 9.47 Å². The Bertz CT molecular complexity index is 670. The molecule has 0 aromatic heterocycles. The van der Waals surface area contributed by atoms with E-state index < -0.39 is 0 Å². The molecule has 0 saturated heterocycles. The van der Waals surface area contributed by atoms with Crippen molar-refractivity contribution in [2.75, 3.05) is 33.2 Å². The maximum Gasteiger partial charge on any atom is 0.123 e. The quantitative estimate of drug-likeness (QED) is 0.608. The zero-order valence-electron chi connectivity index (χ0n) is 13.9. The van der Waals surface area contributed by atoms with Gasteiger partial charge in [-0.15, -0.1) is 0 Å². The van der Waals surface area contributed by atoms with Crippen molar-refractivity contribution in [2.24, 2.45) is 10.2 Å². The predicted molar refractivity (Wildman–Crippen MR) is 95.5 cm³/mol. The lowest BCUT2D eigenvalue weighted by Gasteiger charge is -2.11. The SMILES string of the molecule is COc1cc(/C=N/N=C/c2ccc(N(C)C)cc2)cc(OC)c1. The van der Waals surface area contributed by atoms with Crippen LogP contribution < -0.4 is 14.4 Å². The van der Waals surface area contributed by atoms with Crippen LogP contribution in [0, 0.1) is 0 Å². The van der Waals surface area contributed by atoms with Gasteiger partial charge in [0.25, 0.3) is 0 Å². The molecule has 2 rings (SSSR count). The van der Waals surface area contributed by atoms with E-state index in [2.05, 4.69) is 15.1 Å². The third-order valence-corrected chi connectivity index (χ3v) is 3.26. The van der Waals surface area contributed by atoms with Gasteiger partial charge in [-0.3, -0.25) is 0 Å². The van der Waals surface area contributed by atoms with Crippen molar-refractivity contribution in [1.82, 2.24) is 0 Å². The molecule has 2 aromatic carbocycles. The normalized spacial score (nSPS) is 11.1. The van der Waals surface area contributed by atoms with E-state index in [0.29, 0.717) is 11.5 Å². The highest BCUT2D eigenvalue weighted by Crippen LogP contribution is 2.21. The minimum atomic E-state index is 0.717. The first-order chi connectivity index (χ1) is 11.1. The highest BCUT2D eigenvalue weighted by Gasteiger charge is 1.99. The summed E-state index contributed by atoms with van der Waals surface area (Å²) in [5, 5.41) is 8.14. The van der Waals surface area contributed by atoms with Gasteiger partial charge in [-0.25, -0.2) is 0 Å². The standard InChI is InChI=1S/C18H21N3O2/c1-21(2)16-7-5-14(6-8-16)12-19-20-13-15-9-17(22-3)11-18(10-15)23-4/h5-13H,1-4H3/b19-12+,20-13+. The molecule has 0 amide bonds. The summed E-state index contributed by atoms with van der Waals surface area (Å²) in [6.45, 7) is 0. The Morgan fingerprint density at radius 2 is 1.30 bits per heavy atom. The fourth-order valence-electron chi connectivity index (χ4n) is 1.96. The van der Waals surface area contributed by atoms with Gasteiger partial charge in [0.15, 0.2) is 0 Å². The number of rotatable bonds is 6. The van der Waals surface area contributed by atoms with Crippen molar-refractivity contribution in [3.63, 3.8) is 0 Å². The largest absolute Gasteiger partial charge is 0.497 e. The molecule has 5 heteroatoms. The molecule has 0 atom stereocenters. The smallest absolute Gasteiger partial charge is 0.123 e. The van der Waals surface area contributed by atoms with E-state index in [-0.39, 0.29) is 0 Å². The lowest BCUT2D eigenvalue weighted by molar-refractivity contribution is 0.394. The van der Waals surface area contributed by atoms with Gasteiger partial charge in [0.1, 0.15) is 11.5 Å². The van der Waals surface area contributed by atoms with Crippen molar-refractivity contribution in [2.45, 2.75) is 0 Å². The Morgan fingerprint density at radius 3 is 1.78 bits per heavy atom. The van der Waals surface area contributed by atoms with E-state index in [1.54, 1.807) is 26.6 Å². The van der Waals surface area contributed by atoms with Crippen molar-refractivity contribution < 1.29 is 9.47 Å². The Labute approximate surface area is 136 Å². The van der Waals surface area contributed by atoms with Crippen molar-refractivity contribution in [1.29, 1.82) is 0 Å². The Balaban J connectivity index is 2.06. The molecular formula is C18H21N3O2. The van der Waals surface area contributed by atoms with Gasteiger partial charge in [0, 0.05) is 31.4 Å². The zero-order chi connectivity index (χ0) is 16.7. The fraction of sp³-hybridized carbons (Fsp3) is 0.222. The predicted octanol–water partition coefficient (Wildman–Crippen LogP) is 3.22. The first-order valence-corrected chi connectivity index (χ1v) is 7.19. The molecule has 5 nitrogen and oxygen atoms in total.